The van der Waals surface area contributed by atoms with Gasteiger partial charge in [0, 0.05) is 5.56 Å². The van der Waals surface area contributed by atoms with Crippen LogP contribution in [0.25, 0.3) is 6.08 Å². The number of allylic oxidation sites excluding steroid dienone is 1. The number of nitrogens with zero attached hydrogens (tertiary/aromatic N) is 2. The monoisotopic (exact) mass is 551 g/mol. The van der Waals surface area contributed by atoms with E-state index in [1.165, 1.54) is 23.0 Å². The van der Waals surface area contributed by atoms with Crippen LogP contribution < -0.4 is 34.2 Å². The molecule has 3 aromatic rings. The van der Waals surface area contributed by atoms with Crippen LogP contribution in [0.1, 0.15) is 37.9 Å². The van der Waals surface area contributed by atoms with Crippen LogP contribution in [0.4, 0.5) is 0 Å². The highest BCUT2D eigenvalue weighted by Crippen LogP contribution is 2.36. The lowest BCUT2D eigenvalue weighted by atomic mass is 9.95. The summed E-state index contributed by atoms with van der Waals surface area (Å²) >= 11 is 1.18. The highest BCUT2D eigenvalue weighted by atomic mass is 32.1. The number of carboxylic acid groups (broad SMARTS) is 1. The summed E-state index contributed by atoms with van der Waals surface area (Å²) < 4.78 is 23.6. The van der Waals surface area contributed by atoms with Crippen molar-refractivity contribution >= 4 is 29.4 Å². The number of aromatic nitrogens is 1. The van der Waals surface area contributed by atoms with Crippen molar-refractivity contribution in [3.63, 3.8) is 0 Å². The maximum Gasteiger partial charge on any atom is 0.338 e. The molecule has 39 heavy (non-hydrogen) atoms. The zero-order valence-corrected chi connectivity index (χ0v) is 22.7. The summed E-state index contributed by atoms with van der Waals surface area (Å²) in [6.07, 6.45) is 1.67. The third-order valence-corrected chi connectivity index (χ3v) is 6.84. The molecule has 4 rings (SSSR count). The van der Waals surface area contributed by atoms with Gasteiger partial charge in [0.05, 0.1) is 42.1 Å². The lowest BCUT2D eigenvalue weighted by Crippen LogP contribution is -2.40. The second-order valence-electron chi connectivity index (χ2n) is 8.34. The molecule has 0 aliphatic carbocycles. The average molecular weight is 552 g/mol. The molecule has 0 fully saturated rings. The minimum atomic E-state index is -1.36. The van der Waals surface area contributed by atoms with E-state index in [2.05, 4.69) is 4.99 Å². The first-order valence-electron chi connectivity index (χ1n) is 12.2. The molecule has 2 aromatic carbocycles. The van der Waals surface area contributed by atoms with Crippen molar-refractivity contribution < 1.29 is 33.6 Å². The van der Waals surface area contributed by atoms with Gasteiger partial charge in [0.1, 0.15) is 18.4 Å². The molecule has 0 saturated carbocycles. The molecule has 1 atom stereocenters. The predicted octanol–water partition coefficient (Wildman–Crippen LogP) is 1.33. The van der Waals surface area contributed by atoms with Crippen molar-refractivity contribution in [1.82, 2.24) is 4.57 Å². The van der Waals surface area contributed by atoms with Gasteiger partial charge in [-0.3, -0.25) is 9.36 Å². The van der Waals surface area contributed by atoms with Crippen LogP contribution in [0, 0.1) is 0 Å². The molecule has 0 amide bonds. The summed E-state index contributed by atoms with van der Waals surface area (Å²) in [5.41, 5.74) is 1.62. The van der Waals surface area contributed by atoms with E-state index in [4.69, 9.17) is 18.9 Å². The average Bonchev–Trinajstić information content (AvgIpc) is 3.21. The Labute approximate surface area is 228 Å². The van der Waals surface area contributed by atoms with Gasteiger partial charge in [0.15, 0.2) is 16.3 Å². The molecule has 1 aliphatic heterocycles. The molecule has 0 bridgehead atoms. The minimum Gasteiger partial charge on any atom is -0.546 e. The number of benzene rings is 2. The number of thiazole rings is 1. The Hall–Kier alpha value is -4.38. The molecule has 0 saturated heterocycles. The number of para-hydroxylation sites is 1. The third-order valence-electron chi connectivity index (χ3n) is 5.86. The van der Waals surface area contributed by atoms with Crippen LogP contribution >= 0.6 is 11.3 Å². The second-order valence-corrected chi connectivity index (χ2v) is 9.35. The summed E-state index contributed by atoms with van der Waals surface area (Å²) in [6.45, 7) is 5.24. The number of esters is 1. The summed E-state index contributed by atoms with van der Waals surface area (Å²) in [4.78, 5) is 42.7. The molecule has 204 valence electrons. The topological polar surface area (TPSA) is 128 Å². The Morgan fingerprint density at radius 3 is 2.54 bits per heavy atom. The van der Waals surface area contributed by atoms with E-state index in [1.54, 1.807) is 44.2 Å². The number of carboxylic acids is 1. The van der Waals surface area contributed by atoms with Gasteiger partial charge in [-0.15, -0.1) is 0 Å². The number of carbonyl (C=O) groups is 2. The van der Waals surface area contributed by atoms with Gasteiger partial charge >= 0.3 is 5.97 Å². The van der Waals surface area contributed by atoms with E-state index < -0.39 is 24.6 Å². The fourth-order valence-electron chi connectivity index (χ4n) is 4.26. The number of fused-ring (bicyclic) bond motifs is 1. The fraction of sp³-hybridized carbons (Fsp3) is 0.286. The van der Waals surface area contributed by atoms with Gasteiger partial charge in [-0.1, -0.05) is 35.6 Å². The highest BCUT2D eigenvalue weighted by Gasteiger charge is 2.35. The summed E-state index contributed by atoms with van der Waals surface area (Å²) in [7, 11) is 1.42. The summed E-state index contributed by atoms with van der Waals surface area (Å²) in [5, 5.41) is 10.8. The van der Waals surface area contributed by atoms with Crippen LogP contribution in [-0.2, 0) is 14.3 Å². The van der Waals surface area contributed by atoms with Crippen LogP contribution in [0.5, 0.6) is 17.2 Å². The first-order valence-corrected chi connectivity index (χ1v) is 13.0. The number of carbonyl (C=O) groups excluding carboxylic acids is 2. The number of hydrogen-bond donors (Lipinski definition) is 0. The van der Waals surface area contributed by atoms with Crippen LogP contribution in [0.3, 0.4) is 0 Å². The van der Waals surface area contributed by atoms with Crippen LogP contribution in [0.15, 0.2) is 63.5 Å². The highest BCUT2D eigenvalue weighted by molar-refractivity contribution is 7.07. The first kappa shape index (κ1) is 27.6. The van der Waals surface area contributed by atoms with E-state index in [1.807, 2.05) is 25.1 Å². The van der Waals surface area contributed by atoms with Crippen molar-refractivity contribution in [3.8, 4) is 17.2 Å². The van der Waals surface area contributed by atoms with E-state index in [0.29, 0.717) is 44.3 Å². The first-order chi connectivity index (χ1) is 18.8. The van der Waals surface area contributed by atoms with E-state index in [-0.39, 0.29) is 23.5 Å². The molecule has 2 heterocycles. The van der Waals surface area contributed by atoms with E-state index in [0.717, 1.165) is 0 Å². The Kier molecular flexibility index (Phi) is 8.50. The number of rotatable bonds is 10. The van der Waals surface area contributed by atoms with Crippen molar-refractivity contribution in [1.29, 1.82) is 0 Å². The lowest BCUT2D eigenvalue weighted by Gasteiger charge is -2.26. The van der Waals surface area contributed by atoms with Gasteiger partial charge in [0.2, 0.25) is 0 Å². The summed E-state index contributed by atoms with van der Waals surface area (Å²) in [6, 6.07) is 11.3. The molecule has 1 unspecified atom stereocenters. The van der Waals surface area contributed by atoms with Crippen molar-refractivity contribution in [2.45, 2.75) is 26.8 Å². The molecule has 10 nitrogen and oxygen atoms in total. The Bertz CT molecular complexity index is 1620. The van der Waals surface area contributed by atoms with E-state index in [9.17, 15) is 19.5 Å². The largest absolute Gasteiger partial charge is 0.546 e. The standard InChI is InChI=1S/C28H28N2O8S/c1-5-36-19-10-8-7-9-18(19)25-24(27(34)37-6-2)16(3)29-28-30(25)26(33)22(39-28)14-17-11-12-20(21(13-17)35-4)38-15-23(31)32/h7-14,25H,5-6,15H2,1-4H3,(H,31,32)/p-1. The zero-order chi connectivity index (χ0) is 28.1. The number of methoxy groups -OCH3 is 1. The molecule has 11 heteroatoms. The molecule has 0 spiro atoms. The maximum atomic E-state index is 13.8. The van der Waals surface area contributed by atoms with Gasteiger partial charge in [-0.25, -0.2) is 9.79 Å². The Morgan fingerprint density at radius 2 is 1.85 bits per heavy atom. The van der Waals surface area contributed by atoms with Crippen molar-refractivity contribution in [2.24, 2.45) is 4.99 Å². The lowest BCUT2D eigenvalue weighted by molar-refractivity contribution is -0.307. The Morgan fingerprint density at radius 1 is 1.08 bits per heavy atom. The second kappa shape index (κ2) is 12.0. The van der Waals surface area contributed by atoms with Crippen molar-refractivity contribution in [3.05, 3.63) is 84.5 Å². The molecule has 1 aliphatic rings. The smallest absolute Gasteiger partial charge is 0.338 e. The van der Waals surface area contributed by atoms with Crippen molar-refractivity contribution in [2.75, 3.05) is 26.9 Å². The molecule has 1 aromatic heterocycles. The molecule has 0 N–H and O–H groups in total. The van der Waals surface area contributed by atoms with Gasteiger partial charge in [-0.05, 0) is 50.6 Å². The van der Waals surface area contributed by atoms with E-state index >= 15 is 0 Å². The summed E-state index contributed by atoms with van der Waals surface area (Å²) in [5.74, 6) is -0.848. The SMILES string of the molecule is CCOC(=O)C1=C(C)N=c2sc(=Cc3ccc(OCC(=O)[O-])c(OC)c3)c(=O)n2C1c1ccccc1OCC. The number of aliphatic carboxylic acids is 1. The number of ether oxygens (including phenoxy) is 4. The third kappa shape index (κ3) is 5.73. The predicted molar refractivity (Wildman–Crippen MR) is 142 cm³/mol. The zero-order valence-electron chi connectivity index (χ0n) is 21.9. The quantitative estimate of drug-likeness (QED) is 0.345. The molecular formula is C28H27N2O8S-. The normalized spacial score (nSPS) is 14.9. The minimum absolute atomic E-state index is 0.171. The fourth-order valence-corrected chi connectivity index (χ4v) is 5.31. The van der Waals surface area contributed by atoms with Gasteiger partial charge in [0.25, 0.3) is 5.56 Å². The molecule has 0 radical (unpaired) electrons. The number of hydrogen-bond acceptors (Lipinski definition) is 10. The van der Waals surface area contributed by atoms with Gasteiger partial charge in [-0.2, -0.15) is 0 Å². The van der Waals surface area contributed by atoms with Crippen LogP contribution in [-0.4, -0.2) is 43.4 Å². The van der Waals surface area contributed by atoms with Crippen LogP contribution in [0.2, 0.25) is 0 Å². The Balaban J connectivity index is 1.88. The molecular weight excluding hydrogens is 524 g/mol. The maximum absolute atomic E-state index is 13.8. The van der Waals surface area contributed by atoms with Gasteiger partial charge < -0.3 is 28.8 Å².